The van der Waals surface area contributed by atoms with Crippen molar-refractivity contribution in [2.75, 3.05) is 11.5 Å². The zero-order chi connectivity index (χ0) is 35.9. The molecule has 4 aromatic rings. The van der Waals surface area contributed by atoms with Crippen molar-refractivity contribution in [1.82, 2.24) is 19.1 Å². The predicted octanol–water partition coefficient (Wildman–Crippen LogP) is -0.201. The lowest BCUT2D eigenvalue weighted by Crippen LogP contribution is -2.63. The third kappa shape index (κ3) is 6.64. The summed E-state index contributed by atoms with van der Waals surface area (Å²) in [6.45, 7) is 3.25. The van der Waals surface area contributed by atoms with E-state index < -0.39 is 40.5 Å². The van der Waals surface area contributed by atoms with Gasteiger partial charge in [0, 0.05) is 17.6 Å². The van der Waals surface area contributed by atoms with Crippen molar-refractivity contribution >= 4 is 74.9 Å². The van der Waals surface area contributed by atoms with E-state index in [4.69, 9.17) is 22.0 Å². The molecule has 0 aliphatic carbocycles. The molecule has 1 amide bonds. The van der Waals surface area contributed by atoms with Gasteiger partial charge in [0.15, 0.2) is 28.8 Å². The Bertz CT molecular complexity index is 2110. The normalized spacial score (nSPS) is 17.8. The summed E-state index contributed by atoms with van der Waals surface area (Å²) in [6, 6.07) is 9.37. The molecule has 2 aliphatic heterocycles. The average Bonchev–Trinajstić information content (AvgIpc) is 3.78. The highest BCUT2D eigenvalue weighted by atomic mass is 32.2. The second-order valence-corrected chi connectivity index (χ2v) is 14.0. The van der Waals surface area contributed by atoms with Crippen molar-refractivity contribution in [1.29, 1.82) is 0 Å². The van der Waals surface area contributed by atoms with E-state index in [-0.39, 0.29) is 46.9 Å². The number of carboxylic acid groups (broad SMARTS) is 2. The van der Waals surface area contributed by atoms with E-state index in [0.717, 1.165) is 22.5 Å². The summed E-state index contributed by atoms with van der Waals surface area (Å²) >= 11 is 2.38. The number of thiazole rings is 1. The molecule has 1 fully saturated rings. The summed E-state index contributed by atoms with van der Waals surface area (Å²) in [7, 11) is 0. The van der Waals surface area contributed by atoms with Crippen LogP contribution >= 0.6 is 23.1 Å². The van der Waals surface area contributed by atoms with Crippen LogP contribution in [0.25, 0.3) is 5.65 Å². The van der Waals surface area contributed by atoms with Crippen LogP contribution in [0.1, 0.15) is 31.5 Å². The van der Waals surface area contributed by atoms with Gasteiger partial charge < -0.3 is 37.0 Å². The summed E-state index contributed by atoms with van der Waals surface area (Å²) in [5.74, 6) is -4.63. The Balaban J connectivity index is 1.18. The lowest BCUT2D eigenvalue weighted by Gasteiger charge is -2.50. The minimum atomic E-state index is -1.76. The number of guanidine groups is 1. The monoisotopic (exact) mass is 720 g/mol. The first kappa shape index (κ1) is 34.2. The maximum absolute atomic E-state index is 13.5. The summed E-state index contributed by atoms with van der Waals surface area (Å²) in [4.78, 5) is 65.3. The van der Waals surface area contributed by atoms with Crippen LogP contribution in [0.5, 0.6) is 0 Å². The number of benzene rings is 1. The molecule has 3 aromatic heterocycles. The SMILES string of the molecule is CC(C)(O/N=C(\C(=O)C[C@@H]1C(=O)N2C(C(=O)[O-])=C(Cn3ccc4n3cc[n+]4Cc3ccc(N=C(N)N)cc3)CS[C@H]12)c1csc(N)n1)C(=O)O. The van der Waals surface area contributed by atoms with E-state index in [1.165, 1.54) is 35.9 Å². The molecule has 0 spiro atoms. The van der Waals surface area contributed by atoms with Gasteiger partial charge in [0.1, 0.15) is 18.4 Å². The van der Waals surface area contributed by atoms with Gasteiger partial charge in [-0.1, -0.05) is 17.3 Å². The topological polar surface area (TPSA) is 253 Å². The lowest BCUT2D eigenvalue weighted by molar-refractivity contribution is -0.661. The van der Waals surface area contributed by atoms with E-state index in [1.54, 1.807) is 0 Å². The fourth-order valence-corrected chi connectivity index (χ4v) is 7.53. The molecule has 7 N–H and O–H groups in total. The second-order valence-electron chi connectivity index (χ2n) is 12.0. The van der Waals surface area contributed by atoms with Crippen LogP contribution in [0, 0.1) is 5.92 Å². The number of aromatic nitrogens is 4. The van der Waals surface area contributed by atoms with Crippen LogP contribution in [0.15, 0.2) is 75.7 Å². The number of oxime groups is 1. The number of ketones is 1. The molecule has 260 valence electrons. The van der Waals surface area contributed by atoms with Crippen molar-refractivity contribution in [2.24, 2.45) is 27.5 Å². The van der Waals surface area contributed by atoms with Crippen molar-refractivity contribution in [3.63, 3.8) is 0 Å². The largest absolute Gasteiger partial charge is 0.543 e. The lowest BCUT2D eigenvalue weighted by atomic mass is 9.89. The van der Waals surface area contributed by atoms with Gasteiger partial charge in [0.25, 0.3) is 0 Å². The van der Waals surface area contributed by atoms with Gasteiger partial charge in [-0.25, -0.2) is 24.0 Å². The van der Waals surface area contributed by atoms with Crippen molar-refractivity contribution in [3.05, 3.63) is 76.8 Å². The second kappa shape index (κ2) is 13.3. The number of aliphatic carboxylic acids is 2. The first-order valence-corrected chi connectivity index (χ1v) is 17.0. The zero-order valence-corrected chi connectivity index (χ0v) is 28.4. The maximum Gasteiger partial charge on any atom is 0.350 e. The third-order valence-electron chi connectivity index (χ3n) is 8.15. The number of nitrogens with zero attached hydrogens (tertiary/aromatic N) is 7. The van der Waals surface area contributed by atoms with Crippen LogP contribution in [-0.2, 0) is 37.1 Å². The molecule has 0 unspecified atom stereocenters. The van der Waals surface area contributed by atoms with Gasteiger partial charge in [-0.15, -0.1) is 27.6 Å². The number of rotatable bonds is 13. The van der Waals surface area contributed by atoms with Crippen LogP contribution in [0.4, 0.5) is 10.8 Å². The van der Waals surface area contributed by atoms with Crippen LogP contribution < -0.4 is 26.9 Å². The average molecular weight is 721 g/mol. The van der Waals surface area contributed by atoms with Crippen LogP contribution in [0.2, 0.25) is 0 Å². The number of carbonyl (C=O) groups is 4. The smallest absolute Gasteiger partial charge is 0.350 e. The summed E-state index contributed by atoms with van der Waals surface area (Å²) in [5, 5.41) is 26.6. The number of carbonyl (C=O) groups excluding carboxylic acids is 3. The molecular formula is C31H32N10O7S2. The van der Waals surface area contributed by atoms with Gasteiger partial charge in [-0.2, -0.15) is 0 Å². The highest BCUT2D eigenvalue weighted by molar-refractivity contribution is 8.00. The quantitative estimate of drug-likeness (QED) is 0.0461. The Labute approximate surface area is 292 Å². The standard InChI is InChI=1S/C31H32N10O7S2/c1-31(2,28(46)47)48-37-23(20-15-50-30(34)36-20)21(42)11-19-25(43)41-24(27(44)45)17(14-49-26(19)41)13-39-8-7-22-38(9-10-40(22)39)12-16-3-5-18(6-4-16)35-29(32)33/h3-10,15,19,26H,11-14H2,1-2H3,(H7-,32,33,34,35,36,44,45,46,47)/b37-23-/t19-,26-/m1/s1. The molecule has 19 heteroatoms. The Hall–Kier alpha value is -5.69. The van der Waals surface area contributed by atoms with E-state index in [2.05, 4.69) is 15.1 Å². The number of carboxylic acids is 2. The van der Waals surface area contributed by atoms with Crippen LogP contribution in [0.3, 0.4) is 0 Å². The van der Waals surface area contributed by atoms with Gasteiger partial charge in [0.2, 0.25) is 11.5 Å². The van der Waals surface area contributed by atoms with Gasteiger partial charge in [-0.3, -0.25) is 14.5 Å². The number of fused-ring (bicyclic) bond motifs is 2. The fourth-order valence-electron chi connectivity index (χ4n) is 5.58. The molecule has 0 saturated carbocycles. The van der Waals surface area contributed by atoms with Crippen molar-refractivity contribution < 1.29 is 38.8 Å². The molecular weight excluding hydrogens is 689 g/mol. The Morgan fingerprint density at radius 1 is 1.18 bits per heavy atom. The number of thioether (sulfide) groups is 1. The molecule has 2 aliphatic rings. The summed E-state index contributed by atoms with van der Waals surface area (Å²) in [6.07, 6.45) is 5.24. The number of Topliss-reactive ketones (excluding diaryl/α,β-unsaturated/α-hetero) is 1. The molecule has 0 bridgehead atoms. The highest BCUT2D eigenvalue weighted by Gasteiger charge is 2.53. The number of nitrogens with two attached hydrogens (primary N) is 3. The van der Waals surface area contributed by atoms with Crippen LogP contribution in [-0.4, -0.2) is 76.2 Å². The minimum Gasteiger partial charge on any atom is -0.543 e. The summed E-state index contributed by atoms with van der Waals surface area (Å²) in [5.41, 5.74) is 17.4. The number of imidazole rings is 1. The molecule has 0 radical (unpaired) electrons. The number of nitrogen functional groups attached to an aromatic ring is 1. The molecule has 1 aromatic carbocycles. The first-order chi connectivity index (χ1) is 23.7. The number of amides is 1. The molecule has 6 rings (SSSR count). The molecule has 50 heavy (non-hydrogen) atoms. The predicted molar refractivity (Wildman–Crippen MR) is 181 cm³/mol. The number of hydrogen-bond donors (Lipinski definition) is 4. The van der Waals surface area contributed by atoms with Crippen molar-refractivity contribution in [3.8, 4) is 0 Å². The highest BCUT2D eigenvalue weighted by Crippen LogP contribution is 2.45. The van der Waals surface area contributed by atoms with Gasteiger partial charge in [-0.05, 0) is 37.1 Å². The Kier molecular flexibility index (Phi) is 9.10. The minimum absolute atomic E-state index is 0.0243. The molecule has 1 saturated heterocycles. The fraction of sp³-hybridized carbons (Fsp3) is 0.290. The number of β-lactam (4-membered cyclic amide) rings is 1. The summed E-state index contributed by atoms with van der Waals surface area (Å²) < 4.78 is 5.74. The van der Waals surface area contributed by atoms with Crippen molar-refractivity contribution in [2.45, 2.75) is 44.3 Å². The van der Waals surface area contributed by atoms with E-state index >= 15 is 0 Å². The number of anilines is 1. The third-order valence-corrected chi connectivity index (χ3v) is 10.2. The molecule has 17 nitrogen and oxygen atoms in total. The van der Waals surface area contributed by atoms with E-state index in [0.29, 0.717) is 17.8 Å². The Morgan fingerprint density at radius 2 is 1.92 bits per heavy atom. The molecule has 5 heterocycles. The Morgan fingerprint density at radius 3 is 2.56 bits per heavy atom. The first-order valence-electron chi connectivity index (χ1n) is 15.1. The zero-order valence-electron chi connectivity index (χ0n) is 26.8. The van der Waals surface area contributed by atoms with E-state index in [9.17, 15) is 29.4 Å². The van der Waals surface area contributed by atoms with Gasteiger partial charge in [0.05, 0.1) is 47.5 Å². The number of hydrogen-bond acceptors (Lipinski definition) is 12. The maximum atomic E-state index is 13.5. The molecule has 2 atom stereocenters. The van der Waals surface area contributed by atoms with Gasteiger partial charge >= 0.3 is 11.6 Å². The number of aliphatic imine (C=N–C) groups is 1. The van der Waals surface area contributed by atoms with E-state index in [1.807, 2.05) is 62.7 Å².